The van der Waals surface area contributed by atoms with E-state index in [2.05, 4.69) is 16.7 Å². The van der Waals surface area contributed by atoms with Crippen molar-refractivity contribution < 1.29 is 9.53 Å². The second-order valence-electron chi connectivity index (χ2n) is 5.64. The first kappa shape index (κ1) is 17.4. The fraction of sp³-hybridized carbons (Fsp3) is 0.263. The van der Waals surface area contributed by atoms with Gasteiger partial charge in [-0.3, -0.25) is 4.79 Å². The maximum Gasteiger partial charge on any atom is 0.239 e. The van der Waals surface area contributed by atoms with Gasteiger partial charge in [-0.1, -0.05) is 12.1 Å². The lowest BCUT2D eigenvalue weighted by Gasteiger charge is -2.16. The molecule has 0 aliphatic heterocycles. The first-order valence-electron chi connectivity index (χ1n) is 7.79. The summed E-state index contributed by atoms with van der Waals surface area (Å²) < 4.78 is 5.67. The van der Waals surface area contributed by atoms with Crippen LogP contribution in [0.5, 0.6) is 5.75 Å². The molecule has 0 saturated carbocycles. The molecular formula is C19H21N3O2. The van der Waals surface area contributed by atoms with Gasteiger partial charge in [0.05, 0.1) is 24.2 Å². The topological polar surface area (TPSA) is 74.2 Å². The zero-order valence-electron chi connectivity index (χ0n) is 13.9. The van der Waals surface area contributed by atoms with Gasteiger partial charge in [-0.05, 0) is 55.8 Å². The fourth-order valence-electron chi connectivity index (χ4n) is 2.14. The van der Waals surface area contributed by atoms with E-state index >= 15 is 0 Å². The number of carbonyl (C=O) groups excluding carboxylic acids is 1. The molecule has 0 aliphatic carbocycles. The molecule has 2 rings (SSSR count). The molecule has 0 aliphatic rings. The zero-order chi connectivity index (χ0) is 17.4. The van der Waals surface area contributed by atoms with E-state index in [9.17, 15) is 4.79 Å². The summed E-state index contributed by atoms with van der Waals surface area (Å²) in [4.78, 5) is 11.9. The second kappa shape index (κ2) is 8.59. The fourth-order valence-corrected chi connectivity index (χ4v) is 2.14. The highest BCUT2D eigenvalue weighted by Crippen LogP contribution is 2.12. The van der Waals surface area contributed by atoms with Crippen molar-refractivity contribution in [1.82, 2.24) is 5.32 Å². The van der Waals surface area contributed by atoms with E-state index in [1.165, 1.54) is 0 Å². The minimum atomic E-state index is -0.111. The minimum absolute atomic E-state index is 0.0965. The van der Waals surface area contributed by atoms with Crippen molar-refractivity contribution in [2.75, 3.05) is 18.5 Å². The number of hydrogen-bond acceptors (Lipinski definition) is 4. The maximum absolute atomic E-state index is 11.9. The molecule has 1 amide bonds. The largest absolute Gasteiger partial charge is 0.491 e. The van der Waals surface area contributed by atoms with Gasteiger partial charge in [0.2, 0.25) is 5.91 Å². The number of nitrogens with one attached hydrogen (secondary N) is 2. The molecule has 0 radical (unpaired) electrons. The van der Waals surface area contributed by atoms with E-state index in [4.69, 9.17) is 10.00 Å². The summed E-state index contributed by atoms with van der Waals surface area (Å²) in [5.74, 6) is 0.687. The summed E-state index contributed by atoms with van der Waals surface area (Å²) in [5.41, 5.74) is 2.52. The van der Waals surface area contributed by atoms with E-state index < -0.39 is 0 Å². The second-order valence-corrected chi connectivity index (χ2v) is 5.64. The summed E-state index contributed by atoms with van der Waals surface area (Å²) in [6.07, 6.45) is 0. The van der Waals surface area contributed by atoms with Gasteiger partial charge in [0, 0.05) is 5.69 Å². The molecule has 0 saturated heterocycles. The number of anilines is 1. The van der Waals surface area contributed by atoms with E-state index in [1.807, 2.05) is 38.1 Å². The molecule has 5 heteroatoms. The number of carbonyl (C=O) groups is 1. The van der Waals surface area contributed by atoms with Crippen LogP contribution in [-0.4, -0.2) is 25.1 Å². The van der Waals surface area contributed by atoms with Gasteiger partial charge in [0.15, 0.2) is 0 Å². The van der Waals surface area contributed by atoms with E-state index in [-0.39, 0.29) is 18.5 Å². The lowest BCUT2D eigenvalue weighted by atomic mass is 10.2. The number of benzene rings is 2. The summed E-state index contributed by atoms with van der Waals surface area (Å²) >= 11 is 0. The van der Waals surface area contributed by atoms with Crippen LogP contribution >= 0.6 is 0 Å². The summed E-state index contributed by atoms with van der Waals surface area (Å²) in [6.45, 7) is 4.48. The van der Waals surface area contributed by atoms with Crippen LogP contribution in [-0.2, 0) is 4.79 Å². The zero-order valence-corrected chi connectivity index (χ0v) is 13.9. The Labute approximate surface area is 142 Å². The van der Waals surface area contributed by atoms with Gasteiger partial charge < -0.3 is 15.4 Å². The van der Waals surface area contributed by atoms with Gasteiger partial charge in [-0.2, -0.15) is 5.26 Å². The molecule has 2 N–H and O–H groups in total. The van der Waals surface area contributed by atoms with Crippen molar-refractivity contribution in [3.8, 4) is 11.8 Å². The molecule has 0 heterocycles. The number of hydrogen-bond donors (Lipinski definition) is 2. The van der Waals surface area contributed by atoms with Gasteiger partial charge in [-0.15, -0.1) is 0 Å². The normalized spacial score (nSPS) is 11.2. The molecule has 0 fully saturated rings. The van der Waals surface area contributed by atoms with Crippen LogP contribution in [0, 0.1) is 18.3 Å². The Bertz CT molecular complexity index is 720. The number of nitriles is 1. The Morgan fingerprint density at radius 3 is 2.67 bits per heavy atom. The first-order chi connectivity index (χ1) is 11.6. The van der Waals surface area contributed by atoms with Crippen LogP contribution in [0.1, 0.15) is 18.1 Å². The van der Waals surface area contributed by atoms with Crippen LogP contribution in [0.25, 0.3) is 0 Å². The third kappa shape index (κ3) is 5.65. The van der Waals surface area contributed by atoms with Crippen LogP contribution in [0.15, 0.2) is 48.5 Å². The van der Waals surface area contributed by atoms with Crippen molar-refractivity contribution in [2.45, 2.75) is 19.9 Å². The molecular weight excluding hydrogens is 302 g/mol. The van der Waals surface area contributed by atoms with Gasteiger partial charge in [-0.25, -0.2) is 0 Å². The monoisotopic (exact) mass is 323 g/mol. The molecule has 5 nitrogen and oxygen atoms in total. The van der Waals surface area contributed by atoms with Crippen molar-refractivity contribution in [1.29, 1.82) is 5.26 Å². The maximum atomic E-state index is 11.9. The molecule has 0 spiro atoms. The SMILES string of the molecule is Cc1cccc(OCC(C)NC(=O)CNc2ccc(C#N)cc2)c1. The van der Waals surface area contributed by atoms with Gasteiger partial charge in [0.1, 0.15) is 12.4 Å². The Morgan fingerprint density at radius 2 is 2.00 bits per heavy atom. The molecule has 124 valence electrons. The minimum Gasteiger partial charge on any atom is -0.491 e. The number of nitrogens with zero attached hydrogens (tertiary/aromatic N) is 1. The number of ether oxygens (including phenoxy) is 1. The highest BCUT2D eigenvalue weighted by molar-refractivity contribution is 5.80. The highest BCUT2D eigenvalue weighted by Gasteiger charge is 2.08. The molecule has 1 unspecified atom stereocenters. The molecule has 24 heavy (non-hydrogen) atoms. The quantitative estimate of drug-likeness (QED) is 0.821. The molecule has 1 atom stereocenters. The van der Waals surface area contributed by atoms with Gasteiger partial charge >= 0.3 is 0 Å². The van der Waals surface area contributed by atoms with E-state index in [0.717, 1.165) is 17.0 Å². The Morgan fingerprint density at radius 1 is 1.25 bits per heavy atom. The summed E-state index contributed by atoms with van der Waals surface area (Å²) in [6, 6.07) is 16.7. The average molecular weight is 323 g/mol. The predicted octanol–water partition coefficient (Wildman–Crippen LogP) is 2.86. The van der Waals surface area contributed by atoms with Crippen LogP contribution in [0.3, 0.4) is 0 Å². The average Bonchev–Trinajstić information content (AvgIpc) is 2.59. The van der Waals surface area contributed by atoms with E-state index in [1.54, 1.807) is 24.3 Å². The van der Waals surface area contributed by atoms with Crippen LogP contribution in [0.2, 0.25) is 0 Å². The summed E-state index contributed by atoms with van der Waals surface area (Å²) in [5, 5.41) is 14.6. The van der Waals surface area contributed by atoms with Crippen LogP contribution in [0.4, 0.5) is 5.69 Å². The molecule has 2 aromatic carbocycles. The first-order valence-corrected chi connectivity index (χ1v) is 7.79. The van der Waals surface area contributed by atoms with E-state index in [0.29, 0.717) is 12.2 Å². The third-order valence-electron chi connectivity index (χ3n) is 3.36. The molecule has 0 bridgehead atoms. The van der Waals surface area contributed by atoms with Gasteiger partial charge in [0.25, 0.3) is 0 Å². The van der Waals surface area contributed by atoms with Crippen molar-refractivity contribution in [2.24, 2.45) is 0 Å². The van der Waals surface area contributed by atoms with Crippen molar-refractivity contribution in [3.05, 3.63) is 59.7 Å². The number of amides is 1. The van der Waals surface area contributed by atoms with Crippen LogP contribution < -0.4 is 15.4 Å². The molecule has 0 aromatic heterocycles. The standard InChI is InChI=1S/C19H21N3O2/c1-14-4-3-5-18(10-14)24-13-15(2)22-19(23)12-21-17-8-6-16(11-20)7-9-17/h3-10,15,21H,12-13H2,1-2H3,(H,22,23). The smallest absolute Gasteiger partial charge is 0.239 e. The number of rotatable bonds is 7. The Kier molecular flexibility index (Phi) is 6.21. The number of aryl methyl sites for hydroxylation is 1. The van der Waals surface area contributed by atoms with Crippen molar-refractivity contribution in [3.63, 3.8) is 0 Å². The lowest BCUT2D eigenvalue weighted by molar-refractivity contribution is -0.120. The lowest BCUT2D eigenvalue weighted by Crippen LogP contribution is -2.39. The third-order valence-corrected chi connectivity index (χ3v) is 3.36. The molecule has 2 aromatic rings. The van der Waals surface area contributed by atoms with Crippen molar-refractivity contribution >= 4 is 11.6 Å². The summed E-state index contributed by atoms with van der Waals surface area (Å²) in [7, 11) is 0. The predicted molar refractivity (Wildman–Crippen MR) is 93.9 cm³/mol. The highest BCUT2D eigenvalue weighted by atomic mass is 16.5. The Balaban J connectivity index is 1.72. The Hall–Kier alpha value is -3.00.